The molecule has 3 N–H and O–H groups in total. The van der Waals surface area contributed by atoms with Gasteiger partial charge >= 0.3 is 0 Å². The summed E-state index contributed by atoms with van der Waals surface area (Å²) in [5, 5.41) is 15.3. The van der Waals surface area contributed by atoms with Gasteiger partial charge in [0.1, 0.15) is 0 Å². The first-order valence-electron chi connectivity index (χ1n) is 8.20. The Balaban J connectivity index is 1.62. The maximum atomic E-state index is 11.0. The topological polar surface area (TPSA) is 81.2 Å². The zero-order valence-electron chi connectivity index (χ0n) is 13.5. The summed E-state index contributed by atoms with van der Waals surface area (Å²) < 4.78 is 0. The third-order valence-electron chi connectivity index (χ3n) is 4.46. The second-order valence-corrected chi connectivity index (χ2v) is 6.03. The Hall–Kier alpha value is -2.44. The number of hydrogen-bond donors (Lipinski definition) is 3. The van der Waals surface area contributed by atoms with Crippen LogP contribution in [0.3, 0.4) is 0 Å². The number of aromatic amines is 1. The van der Waals surface area contributed by atoms with Gasteiger partial charge in [-0.25, -0.2) is 5.48 Å². The van der Waals surface area contributed by atoms with Gasteiger partial charge in [-0.3, -0.25) is 20.0 Å². The Kier molecular flexibility index (Phi) is 5.40. The van der Waals surface area contributed by atoms with Gasteiger partial charge in [-0.05, 0) is 48.6 Å². The smallest absolute Gasteiger partial charge is 0.267 e. The molecule has 0 spiro atoms. The summed E-state index contributed by atoms with van der Waals surface area (Å²) in [4.78, 5) is 13.5. The number of likely N-dealkylation sites (tertiary alicyclic amines) is 1. The molecule has 24 heavy (non-hydrogen) atoms. The van der Waals surface area contributed by atoms with Crippen LogP contribution in [0.4, 0.5) is 0 Å². The van der Waals surface area contributed by atoms with Crippen LogP contribution in [0, 0.1) is 0 Å². The van der Waals surface area contributed by atoms with E-state index in [4.69, 9.17) is 5.21 Å². The lowest BCUT2D eigenvalue weighted by atomic mass is 10.0. The molecule has 1 atom stereocenters. The third kappa shape index (κ3) is 4.10. The number of rotatable bonds is 6. The van der Waals surface area contributed by atoms with E-state index >= 15 is 0 Å². The number of carbonyl (C=O) groups is 1. The van der Waals surface area contributed by atoms with Gasteiger partial charge in [0.25, 0.3) is 5.91 Å². The van der Waals surface area contributed by atoms with Crippen LogP contribution in [-0.2, 0) is 11.2 Å². The molecule has 0 bridgehead atoms. The van der Waals surface area contributed by atoms with E-state index in [0.29, 0.717) is 6.04 Å². The van der Waals surface area contributed by atoms with E-state index < -0.39 is 5.91 Å². The zero-order valence-corrected chi connectivity index (χ0v) is 13.5. The fourth-order valence-corrected chi connectivity index (χ4v) is 3.20. The van der Waals surface area contributed by atoms with Crippen molar-refractivity contribution in [3.05, 3.63) is 59.4 Å². The molecule has 1 unspecified atom stereocenters. The standard InChI is InChI=1S/C18H22N4O2/c23-18(21-24)8-5-14-3-6-16(7-4-14)17-2-1-10-22(17)11-9-15-12-19-20-13-15/h3-8,12-13,17,24H,1-2,9-11H2,(H,19,20)(H,21,23)/b8-5+. The Labute approximate surface area is 141 Å². The predicted molar refractivity (Wildman–Crippen MR) is 91.2 cm³/mol. The van der Waals surface area contributed by atoms with Gasteiger partial charge in [0.2, 0.25) is 0 Å². The van der Waals surface area contributed by atoms with Crippen molar-refractivity contribution in [2.75, 3.05) is 13.1 Å². The number of hydrogen-bond acceptors (Lipinski definition) is 4. The summed E-state index contributed by atoms with van der Waals surface area (Å²) in [6.45, 7) is 2.16. The normalized spacial score (nSPS) is 18.3. The van der Waals surface area contributed by atoms with Crippen LogP contribution in [0.5, 0.6) is 0 Å². The van der Waals surface area contributed by atoms with Gasteiger partial charge in [-0.1, -0.05) is 24.3 Å². The summed E-state index contributed by atoms with van der Waals surface area (Å²) >= 11 is 0. The van der Waals surface area contributed by atoms with E-state index in [9.17, 15) is 4.79 Å². The largest absolute Gasteiger partial charge is 0.296 e. The Morgan fingerprint density at radius 1 is 1.42 bits per heavy atom. The van der Waals surface area contributed by atoms with Crippen LogP contribution in [0.1, 0.15) is 35.6 Å². The molecular weight excluding hydrogens is 304 g/mol. The second kappa shape index (κ2) is 7.90. The maximum absolute atomic E-state index is 11.0. The molecule has 2 aromatic rings. The molecule has 0 saturated carbocycles. The Bertz CT molecular complexity index is 680. The lowest BCUT2D eigenvalue weighted by Crippen LogP contribution is -2.25. The van der Waals surface area contributed by atoms with Gasteiger partial charge in [0, 0.05) is 24.9 Å². The van der Waals surface area contributed by atoms with Crippen molar-refractivity contribution < 1.29 is 10.0 Å². The van der Waals surface area contributed by atoms with E-state index in [-0.39, 0.29) is 0 Å². The average Bonchev–Trinajstić information content (AvgIpc) is 3.29. The zero-order chi connectivity index (χ0) is 16.8. The Morgan fingerprint density at radius 2 is 2.25 bits per heavy atom. The third-order valence-corrected chi connectivity index (χ3v) is 4.46. The summed E-state index contributed by atoms with van der Waals surface area (Å²) in [5.74, 6) is -0.528. The SMILES string of the molecule is O=C(/C=C/c1ccc(C2CCCN2CCc2cn[nH]c2)cc1)NO. The molecule has 0 radical (unpaired) electrons. The second-order valence-electron chi connectivity index (χ2n) is 6.03. The van der Waals surface area contributed by atoms with Crippen LogP contribution >= 0.6 is 0 Å². The highest BCUT2D eigenvalue weighted by atomic mass is 16.5. The van der Waals surface area contributed by atoms with Crippen molar-refractivity contribution >= 4 is 12.0 Å². The molecule has 1 aliphatic heterocycles. The highest BCUT2D eigenvalue weighted by molar-refractivity contribution is 5.90. The van der Waals surface area contributed by atoms with Crippen molar-refractivity contribution in [3.8, 4) is 0 Å². The summed E-state index contributed by atoms with van der Waals surface area (Å²) in [6.07, 6.45) is 10.2. The molecule has 126 valence electrons. The number of nitrogens with one attached hydrogen (secondary N) is 2. The van der Waals surface area contributed by atoms with Crippen LogP contribution in [0.15, 0.2) is 42.7 Å². The molecule has 0 aliphatic carbocycles. The minimum absolute atomic E-state index is 0.454. The van der Waals surface area contributed by atoms with Gasteiger partial charge in [0.05, 0.1) is 6.20 Å². The number of aromatic nitrogens is 2. The predicted octanol–water partition coefficient (Wildman–Crippen LogP) is 2.31. The van der Waals surface area contributed by atoms with Crippen LogP contribution in [0.2, 0.25) is 0 Å². The number of carbonyl (C=O) groups excluding carboxylic acids is 1. The van der Waals surface area contributed by atoms with Crippen molar-refractivity contribution in [1.29, 1.82) is 0 Å². The average molecular weight is 326 g/mol. The van der Waals surface area contributed by atoms with Crippen molar-refractivity contribution in [1.82, 2.24) is 20.6 Å². The molecule has 1 amide bonds. The van der Waals surface area contributed by atoms with E-state index in [1.807, 2.05) is 24.5 Å². The monoisotopic (exact) mass is 326 g/mol. The van der Waals surface area contributed by atoms with Crippen LogP contribution in [-0.4, -0.2) is 39.3 Å². The molecule has 6 nitrogen and oxygen atoms in total. The van der Waals surface area contributed by atoms with Gasteiger partial charge < -0.3 is 0 Å². The number of H-pyrrole nitrogens is 1. The maximum Gasteiger partial charge on any atom is 0.267 e. The first-order chi connectivity index (χ1) is 11.8. The minimum Gasteiger partial charge on any atom is -0.296 e. The fraction of sp³-hybridized carbons (Fsp3) is 0.333. The van der Waals surface area contributed by atoms with Crippen molar-refractivity contribution in [3.63, 3.8) is 0 Å². The molecule has 3 rings (SSSR count). The van der Waals surface area contributed by atoms with E-state index in [0.717, 1.165) is 25.1 Å². The first-order valence-corrected chi connectivity index (χ1v) is 8.20. The van der Waals surface area contributed by atoms with E-state index in [1.165, 1.54) is 30.0 Å². The summed E-state index contributed by atoms with van der Waals surface area (Å²) in [7, 11) is 0. The van der Waals surface area contributed by atoms with Gasteiger partial charge in [-0.15, -0.1) is 0 Å². The minimum atomic E-state index is -0.528. The fourth-order valence-electron chi connectivity index (χ4n) is 3.20. The lowest BCUT2D eigenvalue weighted by molar-refractivity contribution is -0.124. The van der Waals surface area contributed by atoms with Gasteiger partial charge in [0.15, 0.2) is 0 Å². The molecule has 1 aliphatic rings. The van der Waals surface area contributed by atoms with E-state index in [1.54, 1.807) is 11.6 Å². The van der Waals surface area contributed by atoms with Crippen LogP contribution in [0.25, 0.3) is 6.08 Å². The molecular formula is C18H22N4O2. The lowest BCUT2D eigenvalue weighted by Gasteiger charge is -2.24. The molecule has 1 aromatic carbocycles. The quantitative estimate of drug-likeness (QED) is 0.432. The van der Waals surface area contributed by atoms with E-state index in [2.05, 4.69) is 27.2 Å². The molecule has 1 saturated heterocycles. The van der Waals surface area contributed by atoms with Crippen LogP contribution < -0.4 is 5.48 Å². The number of amides is 1. The number of nitrogens with zero attached hydrogens (tertiary/aromatic N) is 2. The van der Waals surface area contributed by atoms with Crippen molar-refractivity contribution in [2.45, 2.75) is 25.3 Å². The molecule has 2 heterocycles. The number of hydroxylamine groups is 1. The summed E-state index contributed by atoms with van der Waals surface area (Å²) in [5.41, 5.74) is 5.07. The summed E-state index contributed by atoms with van der Waals surface area (Å²) in [6, 6.07) is 8.71. The van der Waals surface area contributed by atoms with Crippen molar-refractivity contribution in [2.24, 2.45) is 0 Å². The molecule has 1 aromatic heterocycles. The number of benzene rings is 1. The molecule has 1 fully saturated rings. The highest BCUT2D eigenvalue weighted by Crippen LogP contribution is 2.32. The highest BCUT2D eigenvalue weighted by Gasteiger charge is 2.25. The first kappa shape index (κ1) is 16.4. The Morgan fingerprint density at radius 3 is 2.96 bits per heavy atom. The molecule has 6 heteroatoms. The van der Waals surface area contributed by atoms with Gasteiger partial charge in [-0.2, -0.15) is 5.10 Å².